The molecule has 5 heteroatoms. The molecule has 0 spiro atoms. The minimum absolute atomic E-state index is 0.116. The van der Waals surface area contributed by atoms with E-state index >= 15 is 0 Å². The highest BCUT2D eigenvalue weighted by Crippen LogP contribution is 2.41. The van der Waals surface area contributed by atoms with E-state index in [1.54, 1.807) is 6.07 Å². The van der Waals surface area contributed by atoms with Crippen LogP contribution in [0.5, 0.6) is 0 Å². The number of benzene rings is 2. The highest BCUT2D eigenvalue weighted by molar-refractivity contribution is 7.25. The number of rotatable bonds is 2. The van der Waals surface area contributed by atoms with Gasteiger partial charge < -0.3 is 4.98 Å². The Hall–Kier alpha value is -3.31. The Kier molecular flexibility index (Phi) is 3.40. The maximum absolute atomic E-state index is 11.9. The first-order chi connectivity index (χ1) is 12.8. The van der Waals surface area contributed by atoms with Crippen molar-refractivity contribution in [1.82, 2.24) is 15.2 Å². The highest BCUT2D eigenvalue weighted by atomic mass is 32.1. The summed E-state index contributed by atoms with van der Waals surface area (Å²) >= 11 is 1.54. The normalized spacial score (nSPS) is 11.2. The van der Waals surface area contributed by atoms with Gasteiger partial charge in [0.2, 0.25) is 5.56 Å². The second-order valence-electron chi connectivity index (χ2n) is 6.00. The second-order valence-corrected chi connectivity index (χ2v) is 7.03. The molecule has 0 amide bonds. The van der Waals surface area contributed by atoms with Crippen LogP contribution in [0.25, 0.3) is 42.8 Å². The van der Waals surface area contributed by atoms with Gasteiger partial charge in [-0.1, -0.05) is 60.7 Å². The fraction of sp³-hybridized carbons (Fsp3) is 0. The Morgan fingerprint density at radius 2 is 1.46 bits per heavy atom. The first-order valence-corrected chi connectivity index (χ1v) is 9.06. The molecule has 5 rings (SSSR count). The standard InChI is InChI=1S/C21H13N3OS/c25-16-12-11-15-20(22-16)18-17(13-7-3-1-4-8-13)19(23-24-21(18)26-15)14-9-5-2-6-10-14/h1-12H,(H,22,25). The quantitative estimate of drug-likeness (QED) is 0.492. The summed E-state index contributed by atoms with van der Waals surface area (Å²) in [6, 6.07) is 23.5. The molecule has 0 unspecified atom stereocenters. The number of nitrogens with one attached hydrogen (secondary N) is 1. The van der Waals surface area contributed by atoms with E-state index in [9.17, 15) is 4.79 Å². The summed E-state index contributed by atoms with van der Waals surface area (Å²) in [5, 5.41) is 9.94. The average Bonchev–Trinajstić information content (AvgIpc) is 3.06. The largest absolute Gasteiger partial charge is 0.321 e. The Labute approximate surface area is 152 Å². The number of pyridine rings is 1. The third-order valence-corrected chi connectivity index (χ3v) is 5.43. The molecule has 0 aliphatic heterocycles. The summed E-state index contributed by atoms with van der Waals surface area (Å²) in [6.45, 7) is 0. The number of H-pyrrole nitrogens is 1. The van der Waals surface area contributed by atoms with Crippen LogP contribution in [-0.4, -0.2) is 15.2 Å². The zero-order chi connectivity index (χ0) is 17.5. The van der Waals surface area contributed by atoms with Gasteiger partial charge in [0.05, 0.1) is 10.2 Å². The zero-order valence-corrected chi connectivity index (χ0v) is 14.5. The molecule has 3 heterocycles. The van der Waals surface area contributed by atoms with E-state index < -0.39 is 0 Å². The fourth-order valence-corrected chi connectivity index (χ4v) is 4.23. The van der Waals surface area contributed by atoms with Gasteiger partial charge in [-0.15, -0.1) is 21.5 Å². The average molecular weight is 355 g/mol. The molecule has 1 N–H and O–H groups in total. The molecule has 0 atom stereocenters. The molecular formula is C21H13N3OS. The van der Waals surface area contributed by atoms with Crippen LogP contribution in [0.4, 0.5) is 0 Å². The summed E-state index contributed by atoms with van der Waals surface area (Å²) in [6.07, 6.45) is 0. The molecule has 3 aromatic heterocycles. The summed E-state index contributed by atoms with van der Waals surface area (Å²) in [4.78, 5) is 15.7. The number of fused-ring (bicyclic) bond motifs is 3. The predicted octanol–water partition coefficient (Wildman–Crippen LogP) is 4.87. The van der Waals surface area contributed by atoms with Gasteiger partial charge in [0, 0.05) is 22.6 Å². The number of hydrogen-bond donors (Lipinski definition) is 1. The Bertz CT molecular complexity index is 1290. The molecular weight excluding hydrogens is 342 g/mol. The minimum Gasteiger partial charge on any atom is -0.321 e. The maximum atomic E-state index is 11.9. The maximum Gasteiger partial charge on any atom is 0.248 e. The third-order valence-electron chi connectivity index (χ3n) is 4.39. The van der Waals surface area contributed by atoms with Gasteiger partial charge in [-0.05, 0) is 11.6 Å². The lowest BCUT2D eigenvalue weighted by atomic mass is 9.97. The van der Waals surface area contributed by atoms with Crippen molar-refractivity contribution in [3.63, 3.8) is 0 Å². The van der Waals surface area contributed by atoms with Crippen LogP contribution in [0, 0.1) is 0 Å². The van der Waals surface area contributed by atoms with Crippen molar-refractivity contribution in [3.8, 4) is 22.4 Å². The number of aromatic nitrogens is 3. The fourth-order valence-electron chi connectivity index (χ4n) is 3.24. The summed E-state index contributed by atoms with van der Waals surface area (Å²) in [5.74, 6) is 0. The minimum atomic E-state index is -0.116. The molecule has 0 saturated carbocycles. The number of hydrogen-bond acceptors (Lipinski definition) is 4. The van der Waals surface area contributed by atoms with Crippen LogP contribution in [-0.2, 0) is 0 Å². The van der Waals surface area contributed by atoms with Gasteiger partial charge in [-0.2, -0.15) is 0 Å². The molecule has 0 aliphatic carbocycles. The number of nitrogens with zero attached hydrogens (tertiary/aromatic N) is 2. The Morgan fingerprint density at radius 3 is 2.19 bits per heavy atom. The Balaban J connectivity index is 1.99. The van der Waals surface area contributed by atoms with Crippen molar-refractivity contribution in [2.75, 3.05) is 0 Å². The molecule has 0 radical (unpaired) electrons. The SMILES string of the molecule is O=c1ccc2sc3nnc(-c4ccccc4)c(-c4ccccc4)c3c2[nH]1. The van der Waals surface area contributed by atoms with Gasteiger partial charge in [0.25, 0.3) is 0 Å². The van der Waals surface area contributed by atoms with Crippen molar-refractivity contribution in [2.24, 2.45) is 0 Å². The first-order valence-electron chi connectivity index (χ1n) is 8.24. The van der Waals surface area contributed by atoms with Crippen LogP contribution in [0.1, 0.15) is 0 Å². The topological polar surface area (TPSA) is 58.6 Å². The number of aromatic amines is 1. The molecule has 5 aromatic rings. The van der Waals surface area contributed by atoms with Crippen molar-refractivity contribution in [3.05, 3.63) is 83.2 Å². The van der Waals surface area contributed by atoms with Crippen molar-refractivity contribution in [2.45, 2.75) is 0 Å². The van der Waals surface area contributed by atoms with Gasteiger partial charge >= 0.3 is 0 Å². The van der Waals surface area contributed by atoms with Crippen LogP contribution >= 0.6 is 11.3 Å². The molecule has 0 fully saturated rings. The van der Waals surface area contributed by atoms with E-state index in [-0.39, 0.29) is 5.56 Å². The van der Waals surface area contributed by atoms with E-state index in [0.29, 0.717) is 0 Å². The van der Waals surface area contributed by atoms with Gasteiger partial charge in [0.15, 0.2) is 0 Å². The van der Waals surface area contributed by atoms with E-state index in [1.807, 2.05) is 54.6 Å². The van der Waals surface area contributed by atoms with E-state index in [2.05, 4.69) is 27.3 Å². The van der Waals surface area contributed by atoms with Crippen LogP contribution in [0.15, 0.2) is 77.6 Å². The third kappa shape index (κ3) is 2.33. The van der Waals surface area contributed by atoms with Crippen molar-refractivity contribution in [1.29, 1.82) is 0 Å². The summed E-state index contributed by atoms with van der Waals surface area (Å²) in [7, 11) is 0. The van der Waals surface area contributed by atoms with E-state index in [0.717, 1.165) is 42.8 Å². The van der Waals surface area contributed by atoms with Gasteiger partial charge in [-0.25, -0.2) is 0 Å². The highest BCUT2D eigenvalue weighted by Gasteiger charge is 2.19. The lowest BCUT2D eigenvalue weighted by Gasteiger charge is -2.10. The predicted molar refractivity (Wildman–Crippen MR) is 106 cm³/mol. The smallest absolute Gasteiger partial charge is 0.248 e. The number of thiophene rings is 1. The van der Waals surface area contributed by atoms with E-state index in [4.69, 9.17) is 0 Å². The van der Waals surface area contributed by atoms with Crippen LogP contribution in [0.2, 0.25) is 0 Å². The molecule has 0 bridgehead atoms. The molecule has 0 aliphatic rings. The van der Waals surface area contributed by atoms with E-state index in [1.165, 1.54) is 11.3 Å². The lowest BCUT2D eigenvalue weighted by Crippen LogP contribution is -2.01. The summed E-state index contributed by atoms with van der Waals surface area (Å²) < 4.78 is 0.997. The van der Waals surface area contributed by atoms with Crippen molar-refractivity contribution < 1.29 is 0 Å². The molecule has 0 saturated heterocycles. The zero-order valence-electron chi connectivity index (χ0n) is 13.6. The van der Waals surface area contributed by atoms with Gasteiger partial charge in [-0.3, -0.25) is 4.79 Å². The second kappa shape index (κ2) is 5.89. The monoisotopic (exact) mass is 355 g/mol. The molecule has 124 valence electrons. The first kappa shape index (κ1) is 15.0. The molecule has 4 nitrogen and oxygen atoms in total. The van der Waals surface area contributed by atoms with Crippen molar-refractivity contribution >= 4 is 31.8 Å². The molecule has 26 heavy (non-hydrogen) atoms. The summed E-state index contributed by atoms with van der Waals surface area (Å²) in [5.41, 5.74) is 4.57. The van der Waals surface area contributed by atoms with Crippen LogP contribution < -0.4 is 5.56 Å². The van der Waals surface area contributed by atoms with Crippen LogP contribution in [0.3, 0.4) is 0 Å². The van der Waals surface area contributed by atoms with Gasteiger partial charge in [0.1, 0.15) is 10.5 Å². The Morgan fingerprint density at radius 1 is 0.769 bits per heavy atom. The molecule has 2 aromatic carbocycles. The lowest BCUT2D eigenvalue weighted by molar-refractivity contribution is 1.09.